The number of rotatable bonds is 8. The lowest BCUT2D eigenvalue weighted by atomic mass is 10.3. The molecule has 0 bridgehead atoms. The quantitative estimate of drug-likeness (QED) is 0.403. The maximum Gasteiger partial charge on any atom is 0.262 e. The minimum Gasteiger partial charge on any atom is -0.493 e. The highest BCUT2D eigenvalue weighted by atomic mass is 32.2. The molecule has 1 N–H and O–H groups in total. The van der Waals surface area contributed by atoms with Crippen LogP contribution in [0.25, 0.3) is 5.82 Å². The third-order valence-electron chi connectivity index (χ3n) is 5.12. The zero-order chi connectivity index (χ0) is 24.3. The molecule has 0 aliphatic rings. The molecule has 0 unspecified atom stereocenters. The highest BCUT2D eigenvalue weighted by Gasteiger charge is 2.17. The number of aryl methyl sites for hydroxylation is 1. The molecule has 2 heterocycles. The molecular weight excluding hydrogens is 458 g/mol. The van der Waals surface area contributed by atoms with Crippen molar-refractivity contribution in [2.75, 3.05) is 18.9 Å². The van der Waals surface area contributed by atoms with Crippen LogP contribution in [0.1, 0.15) is 11.4 Å². The molecule has 0 atom stereocenters. The summed E-state index contributed by atoms with van der Waals surface area (Å²) in [6, 6.07) is 12.5. The summed E-state index contributed by atoms with van der Waals surface area (Å²) in [5.74, 6) is 2.21. The number of nitrogens with zero attached hydrogens (tertiary/aromatic N) is 4. The van der Waals surface area contributed by atoms with E-state index in [1.807, 2.05) is 18.4 Å². The van der Waals surface area contributed by atoms with Crippen molar-refractivity contribution in [3.05, 3.63) is 72.6 Å². The largest absolute Gasteiger partial charge is 0.493 e. The number of hydrogen-bond donors (Lipinski definition) is 1. The average Bonchev–Trinajstić information content (AvgIpc) is 3.18. The van der Waals surface area contributed by atoms with E-state index in [0.717, 1.165) is 11.4 Å². The number of benzene rings is 2. The van der Waals surface area contributed by atoms with E-state index in [9.17, 15) is 8.42 Å². The molecule has 10 nitrogen and oxygen atoms in total. The van der Waals surface area contributed by atoms with E-state index in [2.05, 4.69) is 19.7 Å². The van der Waals surface area contributed by atoms with E-state index in [4.69, 9.17) is 14.2 Å². The van der Waals surface area contributed by atoms with Gasteiger partial charge >= 0.3 is 0 Å². The van der Waals surface area contributed by atoms with Gasteiger partial charge in [-0.2, -0.15) is 0 Å². The minimum atomic E-state index is -3.84. The van der Waals surface area contributed by atoms with Crippen LogP contribution in [0.15, 0.2) is 66.1 Å². The molecule has 2 aromatic carbocycles. The van der Waals surface area contributed by atoms with E-state index in [0.29, 0.717) is 34.6 Å². The summed E-state index contributed by atoms with van der Waals surface area (Å²) in [5.41, 5.74) is 2.25. The van der Waals surface area contributed by atoms with Crippen LogP contribution in [0.4, 0.5) is 5.69 Å². The summed E-state index contributed by atoms with van der Waals surface area (Å²) in [7, 11) is -0.912. The Balaban J connectivity index is 1.49. The first-order valence-corrected chi connectivity index (χ1v) is 11.6. The van der Waals surface area contributed by atoms with Crippen molar-refractivity contribution < 1.29 is 22.6 Å². The highest BCUT2D eigenvalue weighted by Crippen LogP contribution is 2.30. The number of methoxy groups -OCH3 is 2. The Bertz CT molecular complexity index is 1420. The topological polar surface area (TPSA) is 117 Å². The Kier molecular flexibility index (Phi) is 6.37. The van der Waals surface area contributed by atoms with Crippen LogP contribution < -0.4 is 18.9 Å². The number of sulfonamides is 1. The van der Waals surface area contributed by atoms with Gasteiger partial charge in [0.15, 0.2) is 11.5 Å². The normalized spacial score (nSPS) is 11.2. The SMILES string of the molecule is COc1ccc(S(=O)(=O)Nc2ccc(Oc3cc(-n4cnc(C)c4C)ncn3)cc2)cc1OC. The Labute approximate surface area is 197 Å². The second-order valence-electron chi connectivity index (χ2n) is 7.25. The maximum absolute atomic E-state index is 12.8. The van der Waals surface area contributed by atoms with Gasteiger partial charge in [-0.3, -0.25) is 9.29 Å². The zero-order valence-corrected chi connectivity index (χ0v) is 19.8. The molecule has 0 saturated carbocycles. The monoisotopic (exact) mass is 481 g/mol. The molecule has 0 aliphatic carbocycles. The van der Waals surface area contributed by atoms with Crippen molar-refractivity contribution in [3.63, 3.8) is 0 Å². The fraction of sp³-hybridized carbons (Fsp3) is 0.174. The van der Waals surface area contributed by atoms with Crippen molar-refractivity contribution in [2.45, 2.75) is 18.7 Å². The Morgan fingerprint density at radius 2 is 1.62 bits per heavy atom. The third-order valence-corrected chi connectivity index (χ3v) is 6.50. The van der Waals surface area contributed by atoms with Crippen molar-refractivity contribution in [1.29, 1.82) is 0 Å². The number of ether oxygens (including phenoxy) is 3. The summed E-state index contributed by atoms with van der Waals surface area (Å²) in [6.45, 7) is 3.87. The molecule has 34 heavy (non-hydrogen) atoms. The lowest BCUT2D eigenvalue weighted by Crippen LogP contribution is -2.13. The Hall–Kier alpha value is -4.12. The van der Waals surface area contributed by atoms with E-state index >= 15 is 0 Å². The first-order chi connectivity index (χ1) is 16.3. The summed E-state index contributed by atoms with van der Waals surface area (Å²) in [6.07, 6.45) is 3.10. The van der Waals surface area contributed by atoms with Gasteiger partial charge in [-0.05, 0) is 50.2 Å². The molecule has 0 radical (unpaired) electrons. The van der Waals surface area contributed by atoms with Gasteiger partial charge in [0.25, 0.3) is 10.0 Å². The smallest absolute Gasteiger partial charge is 0.262 e. The number of anilines is 1. The van der Waals surface area contributed by atoms with Crippen molar-refractivity contribution in [1.82, 2.24) is 19.5 Å². The molecular formula is C23H23N5O5S. The summed E-state index contributed by atoms with van der Waals surface area (Å²) < 4.78 is 46.1. The van der Waals surface area contributed by atoms with Gasteiger partial charge in [-0.25, -0.2) is 23.4 Å². The van der Waals surface area contributed by atoms with Gasteiger partial charge < -0.3 is 14.2 Å². The van der Waals surface area contributed by atoms with Gasteiger partial charge in [0.05, 0.1) is 24.8 Å². The van der Waals surface area contributed by atoms with Crippen LogP contribution in [0.5, 0.6) is 23.1 Å². The van der Waals surface area contributed by atoms with Crippen LogP contribution in [-0.2, 0) is 10.0 Å². The molecule has 11 heteroatoms. The number of aromatic nitrogens is 4. The third kappa shape index (κ3) is 4.79. The van der Waals surface area contributed by atoms with Gasteiger partial charge in [-0.1, -0.05) is 0 Å². The zero-order valence-electron chi connectivity index (χ0n) is 19.0. The second kappa shape index (κ2) is 9.40. The van der Waals surface area contributed by atoms with Crippen molar-refractivity contribution in [2.24, 2.45) is 0 Å². The Morgan fingerprint density at radius 3 is 2.26 bits per heavy atom. The summed E-state index contributed by atoms with van der Waals surface area (Å²) in [5, 5.41) is 0. The molecule has 176 valence electrons. The van der Waals surface area contributed by atoms with Crippen LogP contribution in [-0.4, -0.2) is 42.2 Å². The first-order valence-electron chi connectivity index (χ1n) is 10.2. The number of imidazole rings is 1. The number of nitrogens with one attached hydrogen (secondary N) is 1. The lowest BCUT2D eigenvalue weighted by Gasteiger charge is -2.12. The van der Waals surface area contributed by atoms with Crippen LogP contribution in [0.3, 0.4) is 0 Å². The van der Waals surface area contributed by atoms with Crippen LogP contribution in [0, 0.1) is 13.8 Å². The first kappa shape index (κ1) is 23.1. The standard InChI is InChI=1S/C23H23N5O5S/c1-15-16(2)28(14-26-15)22-12-23(25-13-24-22)33-18-7-5-17(6-8-18)27-34(29,30)19-9-10-20(31-3)21(11-19)32-4/h5-14,27H,1-4H3. The molecule has 0 fully saturated rings. The Morgan fingerprint density at radius 1 is 0.882 bits per heavy atom. The van der Waals surface area contributed by atoms with E-state index in [1.165, 1.54) is 38.7 Å². The van der Waals surface area contributed by atoms with Gasteiger partial charge in [0.2, 0.25) is 5.88 Å². The van der Waals surface area contributed by atoms with Gasteiger partial charge in [0.1, 0.15) is 24.2 Å². The molecule has 0 amide bonds. The predicted octanol–water partition coefficient (Wildman–Crippen LogP) is 3.89. The molecule has 0 spiro atoms. The van der Waals surface area contributed by atoms with Gasteiger partial charge in [-0.15, -0.1) is 0 Å². The van der Waals surface area contributed by atoms with Crippen LogP contribution in [0.2, 0.25) is 0 Å². The molecule has 0 aliphatic heterocycles. The average molecular weight is 482 g/mol. The lowest BCUT2D eigenvalue weighted by molar-refractivity contribution is 0.354. The summed E-state index contributed by atoms with van der Waals surface area (Å²) >= 11 is 0. The van der Waals surface area contributed by atoms with E-state index < -0.39 is 10.0 Å². The fourth-order valence-corrected chi connectivity index (χ4v) is 4.23. The van der Waals surface area contributed by atoms with E-state index in [-0.39, 0.29) is 4.90 Å². The molecule has 0 saturated heterocycles. The van der Waals surface area contributed by atoms with Crippen LogP contribution >= 0.6 is 0 Å². The molecule has 4 rings (SSSR count). The highest BCUT2D eigenvalue weighted by molar-refractivity contribution is 7.92. The summed E-state index contributed by atoms with van der Waals surface area (Å²) in [4.78, 5) is 12.7. The molecule has 2 aromatic heterocycles. The fourth-order valence-electron chi connectivity index (χ4n) is 3.16. The predicted molar refractivity (Wildman–Crippen MR) is 125 cm³/mol. The van der Waals surface area contributed by atoms with Crippen molar-refractivity contribution in [3.8, 4) is 28.9 Å². The minimum absolute atomic E-state index is 0.0454. The molecule has 4 aromatic rings. The number of hydrogen-bond acceptors (Lipinski definition) is 8. The van der Waals surface area contributed by atoms with Crippen molar-refractivity contribution >= 4 is 15.7 Å². The van der Waals surface area contributed by atoms with Gasteiger partial charge in [0, 0.05) is 23.5 Å². The van der Waals surface area contributed by atoms with E-state index in [1.54, 1.807) is 36.7 Å². The maximum atomic E-state index is 12.8. The second-order valence-corrected chi connectivity index (χ2v) is 8.93.